The van der Waals surface area contributed by atoms with E-state index in [1.165, 1.54) is 17.7 Å². The SMILES string of the molecule is Cc1ccc(C)c(NC(=S)NC[C@H](c2ccc(F)cc2)N2CCOCC2)c1. The highest BCUT2D eigenvalue weighted by Crippen LogP contribution is 2.22. The number of nitrogens with zero attached hydrogens (tertiary/aromatic N) is 1. The molecule has 0 bridgehead atoms. The quantitative estimate of drug-likeness (QED) is 0.763. The van der Waals surface area contributed by atoms with Crippen LogP contribution in [0.2, 0.25) is 0 Å². The van der Waals surface area contributed by atoms with E-state index in [1.807, 2.05) is 12.1 Å². The van der Waals surface area contributed by atoms with E-state index in [0.717, 1.165) is 29.9 Å². The lowest BCUT2D eigenvalue weighted by atomic mass is 10.0. The number of thiocarbonyl (C=S) groups is 1. The first kappa shape index (κ1) is 19.7. The molecule has 144 valence electrons. The summed E-state index contributed by atoms with van der Waals surface area (Å²) in [6, 6.07) is 13.1. The van der Waals surface area contributed by atoms with E-state index in [9.17, 15) is 4.39 Å². The third-order valence-corrected chi connectivity index (χ3v) is 5.08. The largest absolute Gasteiger partial charge is 0.379 e. The lowest BCUT2D eigenvalue weighted by Crippen LogP contribution is -2.44. The molecule has 1 atom stereocenters. The zero-order valence-electron chi connectivity index (χ0n) is 15.8. The second kappa shape index (κ2) is 9.26. The molecule has 1 aliphatic heterocycles. The van der Waals surface area contributed by atoms with Gasteiger partial charge in [0, 0.05) is 25.3 Å². The van der Waals surface area contributed by atoms with Crippen molar-refractivity contribution in [2.75, 3.05) is 38.2 Å². The average molecular weight is 388 g/mol. The van der Waals surface area contributed by atoms with Crippen LogP contribution in [0.25, 0.3) is 0 Å². The Hall–Kier alpha value is -2.02. The van der Waals surface area contributed by atoms with Crippen LogP contribution in [0.3, 0.4) is 0 Å². The number of hydrogen-bond acceptors (Lipinski definition) is 3. The topological polar surface area (TPSA) is 36.5 Å². The Balaban J connectivity index is 1.67. The van der Waals surface area contributed by atoms with Gasteiger partial charge in [-0.05, 0) is 61.0 Å². The normalized spacial score (nSPS) is 16.0. The first-order valence-electron chi connectivity index (χ1n) is 9.22. The van der Waals surface area contributed by atoms with Crippen LogP contribution in [0.4, 0.5) is 10.1 Å². The molecule has 4 nitrogen and oxygen atoms in total. The summed E-state index contributed by atoms with van der Waals surface area (Å²) in [4.78, 5) is 2.35. The van der Waals surface area contributed by atoms with E-state index >= 15 is 0 Å². The Bertz CT molecular complexity index is 775. The molecule has 2 N–H and O–H groups in total. The van der Waals surface area contributed by atoms with Gasteiger partial charge in [0.2, 0.25) is 0 Å². The van der Waals surface area contributed by atoms with Gasteiger partial charge >= 0.3 is 0 Å². The minimum atomic E-state index is -0.223. The Labute approximate surface area is 165 Å². The lowest BCUT2D eigenvalue weighted by molar-refractivity contribution is 0.0170. The zero-order chi connectivity index (χ0) is 19.2. The van der Waals surface area contributed by atoms with Gasteiger partial charge in [0.1, 0.15) is 5.82 Å². The maximum atomic E-state index is 13.3. The van der Waals surface area contributed by atoms with Crippen LogP contribution in [-0.2, 0) is 4.74 Å². The molecule has 0 aliphatic carbocycles. The number of aryl methyl sites for hydroxylation is 2. The summed E-state index contributed by atoms with van der Waals surface area (Å²) in [6.07, 6.45) is 0. The molecular formula is C21H26FN3OS. The first-order chi connectivity index (χ1) is 13.0. The van der Waals surface area contributed by atoms with Crippen molar-refractivity contribution in [1.82, 2.24) is 10.2 Å². The van der Waals surface area contributed by atoms with Gasteiger partial charge < -0.3 is 15.4 Å². The van der Waals surface area contributed by atoms with Crippen molar-refractivity contribution < 1.29 is 9.13 Å². The second-order valence-corrected chi connectivity index (χ2v) is 7.28. The van der Waals surface area contributed by atoms with Gasteiger partial charge in [-0.2, -0.15) is 0 Å². The molecular weight excluding hydrogens is 361 g/mol. The highest BCUT2D eigenvalue weighted by atomic mass is 32.1. The molecule has 0 aromatic heterocycles. The van der Waals surface area contributed by atoms with Crippen LogP contribution in [0.5, 0.6) is 0 Å². The van der Waals surface area contributed by atoms with Crippen LogP contribution in [0.1, 0.15) is 22.7 Å². The van der Waals surface area contributed by atoms with Crippen molar-refractivity contribution in [3.8, 4) is 0 Å². The molecule has 0 amide bonds. The van der Waals surface area contributed by atoms with E-state index < -0.39 is 0 Å². The first-order valence-corrected chi connectivity index (χ1v) is 9.63. The maximum Gasteiger partial charge on any atom is 0.170 e. The third-order valence-electron chi connectivity index (χ3n) is 4.84. The Morgan fingerprint density at radius 3 is 2.56 bits per heavy atom. The monoisotopic (exact) mass is 387 g/mol. The van der Waals surface area contributed by atoms with Gasteiger partial charge in [0.25, 0.3) is 0 Å². The maximum absolute atomic E-state index is 13.3. The minimum Gasteiger partial charge on any atom is -0.379 e. The Morgan fingerprint density at radius 2 is 1.85 bits per heavy atom. The molecule has 1 heterocycles. The predicted molar refractivity (Wildman–Crippen MR) is 112 cm³/mol. The van der Waals surface area contributed by atoms with E-state index in [0.29, 0.717) is 24.9 Å². The lowest BCUT2D eigenvalue weighted by Gasteiger charge is -2.35. The molecule has 0 spiro atoms. The second-order valence-electron chi connectivity index (χ2n) is 6.87. The number of rotatable bonds is 5. The number of benzene rings is 2. The van der Waals surface area contributed by atoms with E-state index in [2.05, 4.69) is 47.6 Å². The summed E-state index contributed by atoms with van der Waals surface area (Å²) in [5.41, 5.74) is 4.41. The van der Waals surface area contributed by atoms with E-state index in [1.54, 1.807) is 0 Å². The van der Waals surface area contributed by atoms with Crippen molar-refractivity contribution in [3.63, 3.8) is 0 Å². The molecule has 6 heteroatoms. The van der Waals surface area contributed by atoms with Gasteiger partial charge in [0.05, 0.1) is 19.3 Å². The molecule has 1 saturated heterocycles. The van der Waals surface area contributed by atoms with Gasteiger partial charge in [-0.1, -0.05) is 24.3 Å². The molecule has 1 aliphatic rings. The number of morpholine rings is 1. The molecule has 0 radical (unpaired) electrons. The summed E-state index contributed by atoms with van der Waals surface area (Å²) in [5.74, 6) is -0.223. The molecule has 0 saturated carbocycles. The zero-order valence-corrected chi connectivity index (χ0v) is 16.6. The van der Waals surface area contributed by atoms with Crippen molar-refractivity contribution in [2.45, 2.75) is 19.9 Å². The van der Waals surface area contributed by atoms with Crippen molar-refractivity contribution in [1.29, 1.82) is 0 Å². The summed E-state index contributed by atoms with van der Waals surface area (Å²) in [6.45, 7) is 7.87. The minimum absolute atomic E-state index is 0.104. The van der Waals surface area contributed by atoms with Crippen molar-refractivity contribution in [3.05, 3.63) is 65.0 Å². The summed E-state index contributed by atoms with van der Waals surface area (Å²) >= 11 is 5.50. The smallest absolute Gasteiger partial charge is 0.170 e. The molecule has 1 fully saturated rings. The number of nitrogens with one attached hydrogen (secondary N) is 2. The molecule has 0 unspecified atom stereocenters. The molecule has 3 rings (SSSR count). The average Bonchev–Trinajstić information content (AvgIpc) is 2.67. The fourth-order valence-corrected chi connectivity index (χ4v) is 3.45. The standard InChI is InChI=1S/C21H26FN3OS/c1-15-3-4-16(2)19(13-15)24-21(27)23-14-20(25-9-11-26-12-10-25)17-5-7-18(22)8-6-17/h3-8,13,20H,9-12,14H2,1-2H3,(H2,23,24,27)/t20-/m1/s1. The summed E-state index contributed by atoms with van der Waals surface area (Å²) in [5, 5.41) is 7.21. The number of halogens is 1. The van der Waals surface area contributed by atoms with Crippen LogP contribution in [0.15, 0.2) is 42.5 Å². The summed E-state index contributed by atoms with van der Waals surface area (Å²) in [7, 11) is 0. The third kappa shape index (κ3) is 5.48. The molecule has 2 aromatic carbocycles. The highest BCUT2D eigenvalue weighted by Gasteiger charge is 2.23. The van der Waals surface area contributed by atoms with Crippen molar-refractivity contribution >= 4 is 23.0 Å². The van der Waals surface area contributed by atoms with Crippen LogP contribution >= 0.6 is 12.2 Å². The van der Waals surface area contributed by atoms with Crippen LogP contribution in [0, 0.1) is 19.7 Å². The van der Waals surface area contributed by atoms with Gasteiger partial charge in [-0.15, -0.1) is 0 Å². The Kier molecular flexibility index (Phi) is 6.77. The number of hydrogen-bond donors (Lipinski definition) is 2. The fraction of sp³-hybridized carbons (Fsp3) is 0.381. The molecule has 27 heavy (non-hydrogen) atoms. The van der Waals surface area contributed by atoms with Crippen LogP contribution in [-0.4, -0.2) is 42.9 Å². The summed E-state index contributed by atoms with van der Waals surface area (Å²) < 4.78 is 18.8. The van der Waals surface area contributed by atoms with Crippen molar-refractivity contribution in [2.24, 2.45) is 0 Å². The van der Waals surface area contributed by atoms with E-state index in [4.69, 9.17) is 17.0 Å². The number of ether oxygens (including phenoxy) is 1. The predicted octanol–water partition coefficient (Wildman–Crippen LogP) is 3.80. The Morgan fingerprint density at radius 1 is 1.15 bits per heavy atom. The fourth-order valence-electron chi connectivity index (χ4n) is 3.26. The van der Waals surface area contributed by atoms with Gasteiger partial charge in [0.15, 0.2) is 5.11 Å². The van der Waals surface area contributed by atoms with Gasteiger partial charge in [-0.3, -0.25) is 4.90 Å². The number of anilines is 1. The van der Waals surface area contributed by atoms with Crippen LogP contribution < -0.4 is 10.6 Å². The van der Waals surface area contributed by atoms with Gasteiger partial charge in [-0.25, -0.2) is 4.39 Å². The molecule has 2 aromatic rings. The van der Waals surface area contributed by atoms with E-state index in [-0.39, 0.29) is 11.9 Å². The highest BCUT2D eigenvalue weighted by molar-refractivity contribution is 7.80.